The fourth-order valence-electron chi connectivity index (χ4n) is 2.96. The molecule has 0 spiro atoms. The van der Waals surface area contributed by atoms with Gasteiger partial charge in [0.05, 0.1) is 12.0 Å². The fourth-order valence-corrected chi connectivity index (χ4v) is 3.15. The van der Waals surface area contributed by atoms with E-state index < -0.39 is 0 Å². The van der Waals surface area contributed by atoms with E-state index in [2.05, 4.69) is 5.10 Å². The Kier molecular flexibility index (Phi) is 4.12. The molecule has 1 aromatic heterocycles. The van der Waals surface area contributed by atoms with Gasteiger partial charge in [-0.05, 0) is 35.9 Å². The number of furan rings is 1. The van der Waals surface area contributed by atoms with Gasteiger partial charge in [-0.25, -0.2) is 5.01 Å². The highest BCUT2D eigenvalue weighted by Crippen LogP contribution is 2.34. The minimum atomic E-state index is -0.267. The Morgan fingerprint density at radius 2 is 1.92 bits per heavy atom. The average molecular weight is 351 g/mol. The molecule has 0 unspecified atom stereocenters. The van der Waals surface area contributed by atoms with Crippen molar-refractivity contribution in [2.75, 3.05) is 0 Å². The summed E-state index contributed by atoms with van der Waals surface area (Å²) in [5.41, 5.74) is 2.36. The summed E-state index contributed by atoms with van der Waals surface area (Å²) in [7, 11) is 0. The molecule has 0 N–H and O–H groups in total. The minimum Gasteiger partial charge on any atom is -0.467 e. The minimum absolute atomic E-state index is 0.199. The van der Waals surface area contributed by atoms with E-state index in [1.54, 1.807) is 30.5 Å². The third-order valence-corrected chi connectivity index (χ3v) is 4.40. The molecule has 0 radical (unpaired) electrons. The Bertz CT molecular complexity index is 920. The van der Waals surface area contributed by atoms with Gasteiger partial charge in [-0.1, -0.05) is 48.0 Å². The molecule has 0 fully saturated rings. The first-order valence-electron chi connectivity index (χ1n) is 7.98. The zero-order valence-corrected chi connectivity index (χ0v) is 14.1. The molecule has 2 heterocycles. The molecule has 124 valence electrons. The van der Waals surface area contributed by atoms with Gasteiger partial charge >= 0.3 is 0 Å². The maximum Gasteiger partial charge on any atom is 0.274 e. The summed E-state index contributed by atoms with van der Waals surface area (Å²) in [4.78, 5) is 13.0. The molecule has 4 rings (SSSR count). The molecule has 0 saturated heterocycles. The van der Waals surface area contributed by atoms with Crippen LogP contribution in [0.2, 0.25) is 5.02 Å². The molecule has 0 bridgehead atoms. The second kappa shape index (κ2) is 6.57. The van der Waals surface area contributed by atoms with Gasteiger partial charge in [0.1, 0.15) is 11.8 Å². The van der Waals surface area contributed by atoms with Crippen molar-refractivity contribution in [1.29, 1.82) is 0 Å². The van der Waals surface area contributed by atoms with Gasteiger partial charge in [0.2, 0.25) is 0 Å². The summed E-state index contributed by atoms with van der Waals surface area (Å²) in [5, 5.41) is 6.61. The van der Waals surface area contributed by atoms with E-state index in [4.69, 9.17) is 16.0 Å². The van der Waals surface area contributed by atoms with Crippen LogP contribution in [-0.4, -0.2) is 16.6 Å². The highest BCUT2D eigenvalue weighted by molar-refractivity contribution is 6.31. The summed E-state index contributed by atoms with van der Waals surface area (Å²) in [6.07, 6.45) is 2.21. The standard InChI is InChI=1S/C20H15ClN2O2/c21-16-9-4-8-15(12-16)20(24)23-18(19-10-5-11-25-19)13-17(22-23)14-6-2-1-3-7-14/h1-12,18H,13H2/t18-/m1/s1. The van der Waals surface area contributed by atoms with E-state index in [1.807, 2.05) is 42.5 Å². The number of carbonyl (C=O) groups is 1. The third kappa shape index (κ3) is 3.08. The quantitative estimate of drug-likeness (QED) is 0.672. The molecule has 1 aliphatic rings. The molecule has 5 heteroatoms. The van der Waals surface area contributed by atoms with Crippen LogP contribution in [0.25, 0.3) is 0 Å². The molecule has 1 atom stereocenters. The summed E-state index contributed by atoms with van der Waals surface area (Å²) >= 11 is 6.03. The molecule has 0 saturated carbocycles. The maximum absolute atomic E-state index is 13.0. The van der Waals surface area contributed by atoms with Gasteiger partial charge in [0.15, 0.2) is 0 Å². The van der Waals surface area contributed by atoms with Crippen LogP contribution in [-0.2, 0) is 0 Å². The lowest BCUT2D eigenvalue weighted by Crippen LogP contribution is -2.26. The van der Waals surface area contributed by atoms with E-state index in [1.165, 1.54) is 5.01 Å². The largest absolute Gasteiger partial charge is 0.467 e. The van der Waals surface area contributed by atoms with Crippen LogP contribution in [0.5, 0.6) is 0 Å². The predicted octanol–water partition coefficient (Wildman–Crippen LogP) is 4.92. The van der Waals surface area contributed by atoms with Crippen molar-refractivity contribution < 1.29 is 9.21 Å². The molecular weight excluding hydrogens is 336 g/mol. The zero-order chi connectivity index (χ0) is 17.2. The van der Waals surface area contributed by atoms with E-state index >= 15 is 0 Å². The van der Waals surface area contributed by atoms with Crippen molar-refractivity contribution in [2.45, 2.75) is 12.5 Å². The lowest BCUT2D eigenvalue weighted by molar-refractivity contribution is 0.0693. The van der Waals surface area contributed by atoms with Gasteiger partial charge in [-0.15, -0.1) is 0 Å². The van der Waals surface area contributed by atoms with Gasteiger partial charge in [-0.3, -0.25) is 4.79 Å². The fraction of sp³-hybridized carbons (Fsp3) is 0.100. The van der Waals surface area contributed by atoms with Gasteiger partial charge in [0.25, 0.3) is 5.91 Å². The Morgan fingerprint density at radius 1 is 1.08 bits per heavy atom. The number of hydrogen-bond acceptors (Lipinski definition) is 3. The highest BCUT2D eigenvalue weighted by atomic mass is 35.5. The maximum atomic E-state index is 13.0. The number of rotatable bonds is 3. The highest BCUT2D eigenvalue weighted by Gasteiger charge is 2.35. The number of hydrogen-bond donors (Lipinski definition) is 0. The van der Waals surface area contributed by atoms with Crippen LogP contribution in [0, 0.1) is 0 Å². The molecule has 2 aromatic carbocycles. The second-order valence-electron chi connectivity index (χ2n) is 5.81. The predicted molar refractivity (Wildman–Crippen MR) is 96.7 cm³/mol. The summed E-state index contributed by atoms with van der Waals surface area (Å²) in [6.45, 7) is 0. The normalized spacial score (nSPS) is 16.8. The summed E-state index contributed by atoms with van der Waals surface area (Å²) < 4.78 is 5.55. The smallest absolute Gasteiger partial charge is 0.274 e. The Morgan fingerprint density at radius 3 is 2.64 bits per heavy atom. The van der Waals surface area contributed by atoms with Crippen LogP contribution in [0.1, 0.15) is 34.1 Å². The van der Waals surface area contributed by atoms with Crippen LogP contribution in [0.4, 0.5) is 0 Å². The number of halogens is 1. The molecule has 1 amide bonds. The van der Waals surface area contributed by atoms with Crippen LogP contribution in [0.15, 0.2) is 82.5 Å². The van der Waals surface area contributed by atoms with Gasteiger partial charge in [0, 0.05) is 17.0 Å². The zero-order valence-electron chi connectivity index (χ0n) is 13.3. The lowest BCUT2D eigenvalue weighted by atomic mass is 10.0. The first-order chi connectivity index (χ1) is 12.2. The molecule has 0 aliphatic carbocycles. The summed E-state index contributed by atoms with van der Waals surface area (Å²) in [5.74, 6) is 0.514. The second-order valence-corrected chi connectivity index (χ2v) is 6.24. The number of hydrazone groups is 1. The molecule has 4 nitrogen and oxygen atoms in total. The molecule has 3 aromatic rings. The van der Waals surface area contributed by atoms with E-state index in [-0.39, 0.29) is 11.9 Å². The van der Waals surface area contributed by atoms with E-state index in [0.29, 0.717) is 22.8 Å². The number of nitrogens with zero attached hydrogens (tertiary/aromatic N) is 2. The monoisotopic (exact) mass is 350 g/mol. The van der Waals surface area contributed by atoms with Crippen molar-refractivity contribution in [3.05, 3.63) is 94.9 Å². The number of amides is 1. The van der Waals surface area contributed by atoms with Crippen molar-refractivity contribution in [3.8, 4) is 0 Å². The lowest BCUT2D eigenvalue weighted by Gasteiger charge is -2.20. The van der Waals surface area contributed by atoms with Crippen LogP contribution >= 0.6 is 11.6 Å². The van der Waals surface area contributed by atoms with Crippen LogP contribution in [0.3, 0.4) is 0 Å². The van der Waals surface area contributed by atoms with Crippen LogP contribution < -0.4 is 0 Å². The van der Waals surface area contributed by atoms with Crippen molar-refractivity contribution in [1.82, 2.24) is 5.01 Å². The average Bonchev–Trinajstić information content (AvgIpc) is 3.31. The SMILES string of the molecule is O=C(c1cccc(Cl)c1)N1N=C(c2ccccc2)C[C@@H]1c1ccco1. The Hall–Kier alpha value is -2.85. The molecular formula is C20H15ClN2O2. The van der Waals surface area contributed by atoms with Crippen molar-refractivity contribution >= 4 is 23.2 Å². The van der Waals surface area contributed by atoms with Gasteiger partial charge in [-0.2, -0.15) is 5.10 Å². The molecule has 25 heavy (non-hydrogen) atoms. The van der Waals surface area contributed by atoms with Gasteiger partial charge < -0.3 is 4.42 Å². The summed E-state index contributed by atoms with van der Waals surface area (Å²) in [6, 6.07) is 20.2. The first-order valence-corrected chi connectivity index (χ1v) is 8.35. The van der Waals surface area contributed by atoms with E-state index in [0.717, 1.165) is 11.3 Å². The number of carbonyl (C=O) groups excluding carboxylic acids is 1. The third-order valence-electron chi connectivity index (χ3n) is 4.17. The number of benzene rings is 2. The Balaban J connectivity index is 1.72. The first kappa shape index (κ1) is 15.7. The van der Waals surface area contributed by atoms with Crippen molar-refractivity contribution in [2.24, 2.45) is 5.10 Å². The Labute approximate surface area is 150 Å². The van der Waals surface area contributed by atoms with E-state index in [9.17, 15) is 4.79 Å². The van der Waals surface area contributed by atoms with Crippen molar-refractivity contribution in [3.63, 3.8) is 0 Å². The molecule has 1 aliphatic heterocycles. The topological polar surface area (TPSA) is 45.8 Å².